The SMILES string of the molecule is O=C(Cl)c1cc2sccc2n1Cc1ccccc1. The highest BCUT2D eigenvalue weighted by Gasteiger charge is 2.14. The molecule has 0 N–H and O–H groups in total. The van der Waals surface area contributed by atoms with Crippen LogP contribution in [0.1, 0.15) is 16.1 Å². The van der Waals surface area contributed by atoms with Gasteiger partial charge in [0.25, 0.3) is 5.24 Å². The zero-order valence-corrected chi connectivity index (χ0v) is 11.0. The largest absolute Gasteiger partial charge is 0.332 e. The molecular weight excluding hydrogens is 266 g/mol. The first kappa shape index (κ1) is 11.5. The predicted molar refractivity (Wildman–Crippen MR) is 75.5 cm³/mol. The van der Waals surface area contributed by atoms with Crippen molar-refractivity contribution in [2.24, 2.45) is 0 Å². The Morgan fingerprint density at radius 2 is 2.00 bits per heavy atom. The van der Waals surface area contributed by atoms with E-state index >= 15 is 0 Å². The summed E-state index contributed by atoms with van der Waals surface area (Å²) in [5.74, 6) is 0. The molecule has 3 aromatic rings. The van der Waals surface area contributed by atoms with Gasteiger partial charge in [-0.25, -0.2) is 0 Å². The molecular formula is C14H10ClNOS. The number of nitrogens with zero attached hydrogens (tertiary/aromatic N) is 1. The second kappa shape index (κ2) is 4.59. The van der Waals surface area contributed by atoms with Gasteiger partial charge >= 0.3 is 0 Å². The number of aromatic nitrogens is 1. The van der Waals surface area contributed by atoms with Crippen molar-refractivity contribution in [2.45, 2.75) is 6.54 Å². The minimum atomic E-state index is -0.408. The Balaban J connectivity index is 2.11. The Hall–Kier alpha value is -1.58. The zero-order valence-electron chi connectivity index (χ0n) is 9.47. The van der Waals surface area contributed by atoms with E-state index in [4.69, 9.17) is 11.6 Å². The molecule has 18 heavy (non-hydrogen) atoms. The molecule has 0 saturated carbocycles. The van der Waals surface area contributed by atoms with Crippen molar-refractivity contribution >= 4 is 38.4 Å². The average molecular weight is 276 g/mol. The number of rotatable bonds is 3. The van der Waals surface area contributed by atoms with Gasteiger partial charge in [-0.1, -0.05) is 30.3 Å². The Morgan fingerprint density at radius 3 is 2.72 bits per heavy atom. The van der Waals surface area contributed by atoms with Crippen LogP contribution >= 0.6 is 22.9 Å². The number of thiophene rings is 1. The third kappa shape index (κ3) is 1.96. The molecule has 4 heteroatoms. The molecule has 0 aliphatic carbocycles. The lowest BCUT2D eigenvalue weighted by molar-refractivity contribution is 0.107. The van der Waals surface area contributed by atoms with E-state index in [9.17, 15) is 4.79 Å². The molecule has 0 atom stereocenters. The number of benzene rings is 1. The van der Waals surface area contributed by atoms with Gasteiger partial charge in [0.1, 0.15) is 5.69 Å². The second-order valence-electron chi connectivity index (χ2n) is 4.05. The molecule has 0 bridgehead atoms. The highest BCUT2D eigenvalue weighted by atomic mass is 35.5. The van der Waals surface area contributed by atoms with Crippen molar-refractivity contribution in [2.75, 3.05) is 0 Å². The van der Waals surface area contributed by atoms with Crippen LogP contribution in [0.5, 0.6) is 0 Å². The third-order valence-corrected chi connectivity index (χ3v) is 3.95. The minimum Gasteiger partial charge on any atom is -0.332 e. The average Bonchev–Trinajstić information content (AvgIpc) is 2.93. The Bertz CT molecular complexity index is 699. The summed E-state index contributed by atoms with van der Waals surface area (Å²) >= 11 is 7.27. The Labute approximate surface area is 113 Å². The molecule has 2 nitrogen and oxygen atoms in total. The van der Waals surface area contributed by atoms with E-state index in [0.29, 0.717) is 12.2 Å². The van der Waals surface area contributed by atoms with Crippen molar-refractivity contribution in [3.05, 3.63) is 59.1 Å². The van der Waals surface area contributed by atoms with E-state index in [0.717, 1.165) is 15.8 Å². The van der Waals surface area contributed by atoms with Gasteiger partial charge in [0, 0.05) is 6.54 Å². The summed E-state index contributed by atoms with van der Waals surface area (Å²) in [5, 5.41) is 1.61. The number of hydrogen-bond donors (Lipinski definition) is 0. The summed E-state index contributed by atoms with van der Waals surface area (Å²) in [6.07, 6.45) is 0. The first-order valence-electron chi connectivity index (χ1n) is 5.56. The maximum Gasteiger partial charge on any atom is 0.268 e. The van der Waals surface area contributed by atoms with E-state index in [1.54, 1.807) is 11.3 Å². The first-order chi connectivity index (χ1) is 8.75. The van der Waals surface area contributed by atoms with Crippen molar-refractivity contribution in [1.29, 1.82) is 0 Å². The van der Waals surface area contributed by atoms with E-state index in [1.165, 1.54) is 0 Å². The van der Waals surface area contributed by atoms with Crippen LogP contribution in [-0.4, -0.2) is 9.81 Å². The normalized spacial score (nSPS) is 10.9. The highest BCUT2D eigenvalue weighted by molar-refractivity contribution is 7.17. The number of carbonyl (C=O) groups excluding carboxylic acids is 1. The zero-order chi connectivity index (χ0) is 12.5. The molecule has 1 aromatic carbocycles. The Morgan fingerprint density at radius 1 is 1.22 bits per heavy atom. The van der Waals surface area contributed by atoms with Crippen molar-refractivity contribution in [1.82, 2.24) is 4.57 Å². The minimum absolute atomic E-state index is 0.408. The van der Waals surface area contributed by atoms with Crippen molar-refractivity contribution in [3.8, 4) is 0 Å². The molecule has 0 amide bonds. The summed E-state index contributed by atoms with van der Waals surface area (Å²) in [6, 6.07) is 13.9. The molecule has 0 spiro atoms. The van der Waals surface area contributed by atoms with Gasteiger partial charge in [-0.05, 0) is 34.7 Å². The fourth-order valence-corrected chi connectivity index (χ4v) is 3.06. The van der Waals surface area contributed by atoms with Crippen molar-refractivity contribution in [3.63, 3.8) is 0 Å². The molecule has 90 valence electrons. The third-order valence-electron chi connectivity index (χ3n) is 2.91. The monoisotopic (exact) mass is 275 g/mol. The van der Waals surface area contributed by atoms with Gasteiger partial charge in [-0.2, -0.15) is 0 Å². The van der Waals surface area contributed by atoms with Gasteiger partial charge in [-0.3, -0.25) is 4.79 Å². The van der Waals surface area contributed by atoms with Crippen LogP contribution in [0.2, 0.25) is 0 Å². The molecule has 2 aromatic heterocycles. The molecule has 0 aliphatic heterocycles. The van der Waals surface area contributed by atoms with E-state index in [-0.39, 0.29) is 0 Å². The molecule has 0 unspecified atom stereocenters. The number of halogens is 1. The summed E-state index contributed by atoms with van der Waals surface area (Å²) in [5.41, 5.74) is 2.77. The fourth-order valence-electron chi connectivity index (χ4n) is 2.08. The van der Waals surface area contributed by atoms with Gasteiger partial charge in [-0.15, -0.1) is 11.3 Å². The predicted octanol–water partition coefficient (Wildman–Crippen LogP) is 4.13. The van der Waals surface area contributed by atoms with Crippen LogP contribution in [-0.2, 0) is 6.54 Å². The molecule has 0 fully saturated rings. The second-order valence-corrected chi connectivity index (χ2v) is 5.34. The molecule has 0 saturated heterocycles. The lowest BCUT2D eigenvalue weighted by Gasteiger charge is -2.07. The van der Waals surface area contributed by atoms with Gasteiger partial charge in [0.05, 0.1) is 10.2 Å². The summed E-state index contributed by atoms with van der Waals surface area (Å²) in [4.78, 5) is 11.5. The number of carbonyl (C=O) groups is 1. The standard InChI is InChI=1S/C14H10ClNOS/c15-14(17)12-8-13-11(6-7-18-13)16(12)9-10-4-2-1-3-5-10/h1-8H,9H2. The molecule has 3 rings (SSSR count). The van der Waals surface area contributed by atoms with E-state index in [1.807, 2.05) is 52.4 Å². The topological polar surface area (TPSA) is 22.0 Å². The molecule has 0 radical (unpaired) electrons. The van der Waals surface area contributed by atoms with Crippen LogP contribution in [0, 0.1) is 0 Å². The summed E-state index contributed by atoms with van der Waals surface area (Å²) in [7, 11) is 0. The summed E-state index contributed by atoms with van der Waals surface area (Å²) < 4.78 is 3.06. The maximum absolute atomic E-state index is 11.5. The molecule has 0 aliphatic rings. The van der Waals surface area contributed by atoms with Crippen LogP contribution < -0.4 is 0 Å². The van der Waals surface area contributed by atoms with Gasteiger partial charge < -0.3 is 4.57 Å². The first-order valence-corrected chi connectivity index (χ1v) is 6.82. The van der Waals surface area contributed by atoms with Crippen LogP contribution in [0.25, 0.3) is 10.2 Å². The van der Waals surface area contributed by atoms with Crippen molar-refractivity contribution < 1.29 is 4.79 Å². The van der Waals surface area contributed by atoms with Crippen LogP contribution in [0.15, 0.2) is 47.8 Å². The van der Waals surface area contributed by atoms with Gasteiger partial charge in [0.2, 0.25) is 0 Å². The number of hydrogen-bond acceptors (Lipinski definition) is 2. The van der Waals surface area contributed by atoms with E-state index in [2.05, 4.69) is 0 Å². The van der Waals surface area contributed by atoms with Crippen LogP contribution in [0.3, 0.4) is 0 Å². The van der Waals surface area contributed by atoms with Gasteiger partial charge in [0.15, 0.2) is 0 Å². The lowest BCUT2D eigenvalue weighted by atomic mass is 10.2. The highest BCUT2D eigenvalue weighted by Crippen LogP contribution is 2.27. The summed E-state index contributed by atoms with van der Waals surface area (Å²) in [6.45, 7) is 0.662. The lowest BCUT2D eigenvalue weighted by Crippen LogP contribution is -2.06. The molecule has 2 heterocycles. The fraction of sp³-hybridized carbons (Fsp3) is 0.0714. The smallest absolute Gasteiger partial charge is 0.268 e. The van der Waals surface area contributed by atoms with Crippen LogP contribution in [0.4, 0.5) is 0 Å². The maximum atomic E-state index is 11.5. The quantitative estimate of drug-likeness (QED) is 0.659. The number of fused-ring (bicyclic) bond motifs is 1. The van der Waals surface area contributed by atoms with E-state index < -0.39 is 5.24 Å². The Kier molecular flexibility index (Phi) is 2.94.